The first kappa shape index (κ1) is 39.9. The molecule has 0 aliphatic heterocycles. The van der Waals surface area contributed by atoms with Crippen LogP contribution in [0.3, 0.4) is 0 Å². The molecule has 0 radical (unpaired) electrons. The number of Topliss-reactive ketones (excluding diaryl/α,β-unsaturated/α-hetero) is 1. The van der Waals surface area contributed by atoms with E-state index < -0.39 is 35.7 Å². The van der Waals surface area contributed by atoms with Crippen molar-refractivity contribution in [1.82, 2.24) is 26.2 Å². The number of carbonyl (C=O) groups is 5. The molecule has 2 unspecified atom stereocenters. The third-order valence-electron chi connectivity index (χ3n) is 9.42. The molecule has 52 heavy (non-hydrogen) atoms. The molecular formula is C42H55N5O5. The second kappa shape index (κ2) is 20.9. The molecule has 1 aliphatic carbocycles. The normalized spacial score (nSPS) is 14.8. The van der Waals surface area contributed by atoms with Crippen LogP contribution in [0.15, 0.2) is 91.0 Å². The van der Waals surface area contributed by atoms with Crippen LogP contribution in [0.2, 0.25) is 0 Å². The average Bonchev–Trinajstić information content (AvgIpc) is 3.15. The maximum absolute atomic E-state index is 14.8. The molecule has 4 rings (SSSR count). The van der Waals surface area contributed by atoms with Gasteiger partial charge in [-0.15, -0.1) is 0 Å². The van der Waals surface area contributed by atoms with E-state index in [-0.39, 0.29) is 43.3 Å². The molecule has 1 saturated carbocycles. The lowest BCUT2D eigenvalue weighted by Gasteiger charge is -2.35. The zero-order chi connectivity index (χ0) is 37.3. The summed E-state index contributed by atoms with van der Waals surface area (Å²) in [5.41, 5.74) is 2.76. The summed E-state index contributed by atoms with van der Waals surface area (Å²) in [6.45, 7) is 6.27. The number of carbonyl (C=O) groups excluding carboxylic acids is 5. The molecule has 278 valence electrons. The molecule has 3 atom stereocenters. The molecule has 3 aromatic carbocycles. The fourth-order valence-electron chi connectivity index (χ4n) is 6.56. The molecule has 0 heterocycles. The minimum atomic E-state index is -1.08. The molecule has 10 nitrogen and oxygen atoms in total. The number of rotatable bonds is 19. The predicted molar refractivity (Wildman–Crippen MR) is 203 cm³/mol. The van der Waals surface area contributed by atoms with Crippen molar-refractivity contribution >= 4 is 29.4 Å². The number of ketones is 1. The third kappa shape index (κ3) is 13.1. The first-order valence-electron chi connectivity index (χ1n) is 18.7. The molecule has 1 aliphatic rings. The Morgan fingerprint density at radius 1 is 0.750 bits per heavy atom. The van der Waals surface area contributed by atoms with Crippen molar-refractivity contribution in [2.45, 2.75) is 109 Å². The number of hydrogen-bond acceptors (Lipinski definition) is 6. The van der Waals surface area contributed by atoms with Crippen LogP contribution in [0.5, 0.6) is 0 Å². The van der Waals surface area contributed by atoms with Crippen LogP contribution in [0, 0.1) is 5.92 Å². The minimum Gasteiger partial charge on any atom is -0.352 e. The van der Waals surface area contributed by atoms with Crippen molar-refractivity contribution in [1.29, 1.82) is 0 Å². The smallest absolute Gasteiger partial charge is 0.289 e. The predicted octanol–water partition coefficient (Wildman–Crippen LogP) is 4.86. The fourth-order valence-corrected chi connectivity index (χ4v) is 6.56. The van der Waals surface area contributed by atoms with Crippen molar-refractivity contribution in [3.63, 3.8) is 0 Å². The summed E-state index contributed by atoms with van der Waals surface area (Å²) in [6.07, 6.45) is 5.63. The Labute approximate surface area is 308 Å². The highest BCUT2D eigenvalue weighted by Crippen LogP contribution is 2.20. The standard InChI is InChI=1S/C42H55N5O5/c1-30(2)26-37(40(50)45-31(3)39(49)41(51)46-35-22-14-7-15-23-35)47(29-34-20-12-6-13-21-34)42(52)36(27-32-16-8-4-9-17-32)43-25-24-38(48)44-28-33-18-10-5-11-19-33/h4-6,8-13,16-21,30-31,35-37,43H,7,14-15,22-29H2,1-3H3,(H,44,48)(H,45,50)(H,46,51)/t31?,36-,37?/m0/s1. The van der Waals surface area contributed by atoms with Gasteiger partial charge in [0.25, 0.3) is 5.91 Å². The average molecular weight is 710 g/mol. The monoisotopic (exact) mass is 709 g/mol. The van der Waals surface area contributed by atoms with E-state index in [1.165, 1.54) is 6.92 Å². The van der Waals surface area contributed by atoms with E-state index in [9.17, 15) is 24.0 Å². The van der Waals surface area contributed by atoms with Gasteiger partial charge in [-0.25, -0.2) is 0 Å². The van der Waals surface area contributed by atoms with E-state index in [4.69, 9.17) is 0 Å². The lowest BCUT2D eigenvalue weighted by molar-refractivity contribution is -0.145. The highest BCUT2D eigenvalue weighted by atomic mass is 16.2. The van der Waals surface area contributed by atoms with Gasteiger partial charge in [-0.2, -0.15) is 0 Å². The van der Waals surface area contributed by atoms with Crippen molar-refractivity contribution in [3.8, 4) is 0 Å². The molecule has 0 aromatic heterocycles. The van der Waals surface area contributed by atoms with Gasteiger partial charge in [-0.3, -0.25) is 24.0 Å². The van der Waals surface area contributed by atoms with Crippen LogP contribution in [-0.4, -0.2) is 65.0 Å². The summed E-state index contributed by atoms with van der Waals surface area (Å²) in [4.78, 5) is 69.3. The molecule has 4 amide bonds. The van der Waals surface area contributed by atoms with Crippen LogP contribution in [0.4, 0.5) is 0 Å². The van der Waals surface area contributed by atoms with Crippen LogP contribution >= 0.6 is 0 Å². The molecular weight excluding hydrogens is 654 g/mol. The number of amides is 4. The highest BCUT2D eigenvalue weighted by molar-refractivity contribution is 6.38. The van der Waals surface area contributed by atoms with Gasteiger partial charge in [0, 0.05) is 32.1 Å². The lowest BCUT2D eigenvalue weighted by atomic mass is 9.95. The third-order valence-corrected chi connectivity index (χ3v) is 9.42. The first-order chi connectivity index (χ1) is 25.1. The molecule has 1 fully saturated rings. The molecule has 0 saturated heterocycles. The summed E-state index contributed by atoms with van der Waals surface area (Å²) in [7, 11) is 0. The second-order valence-corrected chi connectivity index (χ2v) is 14.2. The van der Waals surface area contributed by atoms with Gasteiger partial charge in [0.15, 0.2) is 0 Å². The molecule has 4 N–H and O–H groups in total. The lowest BCUT2D eigenvalue weighted by Crippen LogP contribution is -2.58. The number of nitrogens with zero attached hydrogens (tertiary/aromatic N) is 1. The quantitative estimate of drug-likeness (QED) is 0.131. The topological polar surface area (TPSA) is 137 Å². The van der Waals surface area contributed by atoms with E-state index in [2.05, 4.69) is 21.3 Å². The van der Waals surface area contributed by atoms with Gasteiger partial charge < -0.3 is 26.2 Å². The number of nitrogens with one attached hydrogen (secondary N) is 4. The van der Waals surface area contributed by atoms with E-state index in [1.54, 1.807) is 4.90 Å². The summed E-state index contributed by atoms with van der Waals surface area (Å²) in [5, 5.41) is 11.9. The Hall–Kier alpha value is -4.83. The summed E-state index contributed by atoms with van der Waals surface area (Å²) in [5.74, 6) is -2.33. The van der Waals surface area contributed by atoms with Crippen LogP contribution in [-0.2, 0) is 43.5 Å². The van der Waals surface area contributed by atoms with E-state index >= 15 is 0 Å². The molecule has 0 spiro atoms. The van der Waals surface area contributed by atoms with Gasteiger partial charge in [-0.1, -0.05) is 124 Å². The minimum absolute atomic E-state index is 0.0243. The summed E-state index contributed by atoms with van der Waals surface area (Å²) in [6, 6.07) is 25.9. The summed E-state index contributed by atoms with van der Waals surface area (Å²) >= 11 is 0. The van der Waals surface area contributed by atoms with Crippen molar-refractivity contribution in [2.75, 3.05) is 6.54 Å². The molecule has 3 aromatic rings. The van der Waals surface area contributed by atoms with Crippen LogP contribution in [0.25, 0.3) is 0 Å². The van der Waals surface area contributed by atoms with Crippen LogP contribution in [0.1, 0.15) is 82.4 Å². The molecule has 0 bridgehead atoms. The van der Waals surface area contributed by atoms with Gasteiger partial charge >= 0.3 is 0 Å². The van der Waals surface area contributed by atoms with Gasteiger partial charge in [0.1, 0.15) is 6.04 Å². The largest absolute Gasteiger partial charge is 0.352 e. The summed E-state index contributed by atoms with van der Waals surface area (Å²) < 4.78 is 0. The van der Waals surface area contributed by atoms with Gasteiger partial charge in [-0.05, 0) is 55.2 Å². The van der Waals surface area contributed by atoms with Crippen LogP contribution < -0.4 is 21.3 Å². The fraction of sp³-hybridized carbons (Fsp3) is 0.452. The Morgan fingerprint density at radius 2 is 1.33 bits per heavy atom. The Morgan fingerprint density at radius 3 is 1.92 bits per heavy atom. The second-order valence-electron chi connectivity index (χ2n) is 14.2. The van der Waals surface area contributed by atoms with Crippen molar-refractivity contribution in [2.24, 2.45) is 5.92 Å². The van der Waals surface area contributed by atoms with Gasteiger partial charge in [0.05, 0.1) is 12.1 Å². The SMILES string of the molecule is CC(C)CC(C(=O)NC(C)C(=O)C(=O)NC1CCCCC1)N(Cc1ccccc1)C(=O)[C@H](Cc1ccccc1)NCCC(=O)NCc1ccccc1. The zero-order valence-corrected chi connectivity index (χ0v) is 30.8. The Bertz CT molecular complexity index is 1580. The maximum Gasteiger partial charge on any atom is 0.289 e. The van der Waals surface area contributed by atoms with E-state index in [1.807, 2.05) is 105 Å². The Balaban J connectivity index is 1.53. The number of hydrogen-bond donors (Lipinski definition) is 4. The number of benzene rings is 3. The van der Waals surface area contributed by atoms with Gasteiger partial charge in [0.2, 0.25) is 23.5 Å². The van der Waals surface area contributed by atoms with E-state index in [0.29, 0.717) is 19.4 Å². The van der Waals surface area contributed by atoms with Crippen molar-refractivity contribution in [3.05, 3.63) is 108 Å². The maximum atomic E-state index is 14.8. The molecule has 10 heteroatoms. The van der Waals surface area contributed by atoms with Crippen molar-refractivity contribution < 1.29 is 24.0 Å². The first-order valence-corrected chi connectivity index (χ1v) is 18.7. The van der Waals surface area contributed by atoms with E-state index in [0.717, 1.165) is 48.8 Å². The zero-order valence-electron chi connectivity index (χ0n) is 30.8. The highest BCUT2D eigenvalue weighted by Gasteiger charge is 2.36. The Kier molecular flexibility index (Phi) is 16.0.